The van der Waals surface area contributed by atoms with E-state index in [9.17, 15) is 0 Å². The Morgan fingerprint density at radius 1 is 1.64 bits per heavy atom. The van der Waals surface area contributed by atoms with Gasteiger partial charge in [0.15, 0.2) is 0 Å². The van der Waals surface area contributed by atoms with Crippen LogP contribution in [0.15, 0.2) is 10.5 Å². The molecule has 0 aliphatic rings. The van der Waals surface area contributed by atoms with Crippen LogP contribution in [0.4, 0.5) is 0 Å². The highest BCUT2D eigenvalue weighted by Gasteiger charge is 2.04. The molecule has 0 spiro atoms. The molecule has 2 aromatic heterocycles. The van der Waals surface area contributed by atoms with Crippen LogP contribution >= 0.6 is 23.1 Å². The number of thioether (sulfide) groups is 1. The van der Waals surface area contributed by atoms with Gasteiger partial charge in [-0.1, -0.05) is 11.8 Å². The Kier molecular flexibility index (Phi) is 1.61. The molecule has 0 radical (unpaired) electrons. The van der Waals surface area contributed by atoms with Gasteiger partial charge >= 0.3 is 0 Å². The lowest BCUT2D eigenvalue weighted by molar-refractivity contribution is 0.867. The fourth-order valence-corrected chi connectivity index (χ4v) is 2.06. The van der Waals surface area contributed by atoms with Gasteiger partial charge in [0.2, 0.25) is 10.1 Å². The highest BCUT2D eigenvalue weighted by molar-refractivity contribution is 7.98. The summed E-state index contributed by atoms with van der Waals surface area (Å²) in [4.78, 5) is 5.26. The molecule has 0 N–H and O–H groups in total. The monoisotopic (exact) mass is 185 g/mol. The number of hydrogen-bond acceptors (Lipinski definition) is 4. The van der Waals surface area contributed by atoms with Crippen molar-refractivity contribution in [2.45, 2.75) is 12.1 Å². The molecule has 2 aromatic rings. The SMILES string of the molecule is CSc1nc2scc(C)n2n1. The second-order valence-electron chi connectivity index (χ2n) is 2.17. The third-order valence-electron chi connectivity index (χ3n) is 1.41. The molecular weight excluding hydrogens is 178 g/mol. The summed E-state index contributed by atoms with van der Waals surface area (Å²) in [7, 11) is 0. The molecule has 0 bridgehead atoms. The van der Waals surface area contributed by atoms with Gasteiger partial charge in [0.1, 0.15) is 0 Å². The minimum Gasteiger partial charge on any atom is -0.207 e. The number of rotatable bonds is 1. The first kappa shape index (κ1) is 7.12. The van der Waals surface area contributed by atoms with Gasteiger partial charge in [-0.15, -0.1) is 16.4 Å². The Bertz CT molecular complexity index is 376. The smallest absolute Gasteiger partial charge is 0.207 e. The normalized spacial score (nSPS) is 11.1. The first-order valence-corrected chi connectivity index (χ1v) is 5.26. The lowest BCUT2D eigenvalue weighted by Crippen LogP contribution is -1.84. The molecular formula is C6H7N3S2. The zero-order valence-electron chi connectivity index (χ0n) is 6.24. The standard InChI is InChI=1S/C6H7N3S2/c1-4-3-11-6-7-5(10-2)8-9(4)6/h3H,1-2H3. The van der Waals surface area contributed by atoms with E-state index in [0.29, 0.717) is 0 Å². The molecule has 0 aliphatic heterocycles. The van der Waals surface area contributed by atoms with E-state index in [1.54, 1.807) is 23.1 Å². The van der Waals surface area contributed by atoms with E-state index in [-0.39, 0.29) is 0 Å². The summed E-state index contributed by atoms with van der Waals surface area (Å²) in [5.41, 5.74) is 1.15. The largest absolute Gasteiger partial charge is 0.213 e. The molecule has 0 saturated heterocycles. The molecule has 5 heteroatoms. The average Bonchev–Trinajstić information content (AvgIpc) is 2.53. The van der Waals surface area contributed by atoms with Crippen molar-refractivity contribution < 1.29 is 0 Å². The summed E-state index contributed by atoms with van der Waals surface area (Å²) >= 11 is 3.20. The predicted molar refractivity (Wildman–Crippen MR) is 47.4 cm³/mol. The maximum absolute atomic E-state index is 4.29. The van der Waals surface area contributed by atoms with Crippen LogP contribution in [0.5, 0.6) is 0 Å². The molecule has 0 fully saturated rings. The molecule has 2 heterocycles. The van der Waals surface area contributed by atoms with Gasteiger partial charge in [0.25, 0.3) is 0 Å². The van der Waals surface area contributed by atoms with E-state index >= 15 is 0 Å². The summed E-state index contributed by atoms with van der Waals surface area (Å²) in [6.45, 7) is 2.03. The number of aryl methyl sites for hydroxylation is 1. The quantitative estimate of drug-likeness (QED) is 0.635. The third kappa shape index (κ3) is 1.04. The molecule has 0 saturated carbocycles. The minimum atomic E-state index is 0.847. The third-order valence-corrected chi connectivity index (χ3v) is 2.88. The first-order valence-electron chi connectivity index (χ1n) is 3.16. The van der Waals surface area contributed by atoms with Gasteiger partial charge in [-0.05, 0) is 13.2 Å². The van der Waals surface area contributed by atoms with Crippen LogP contribution < -0.4 is 0 Å². The van der Waals surface area contributed by atoms with Crippen molar-refractivity contribution in [3.8, 4) is 0 Å². The summed E-state index contributed by atoms with van der Waals surface area (Å²) in [5.74, 6) is 0. The lowest BCUT2D eigenvalue weighted by atomic mass is 10.6. The second-order valence-corrected chi connectivity index (χ2v) is 3.78. The molecule has 11 heavy (non-hydrogen) atoms. The van der Waals surface area contributed by atoms with Gasteiger partial charge < -0.3 is 0 Å². The molecule has 2 rings (SSSR count). The lowest BCUT2D eigenvalue weighted by Gasteiger charge is -1.83. The molecule has 0 unspecified atom stereocenters. The number of thiazole rings is 1. The first-order chi connectivity index (χ1) is 5.31. The Balaban J connectivity index is 2.70. The van der Waals surface area contributed by atoms with Crippen molar-refractivity contribution in [1.29, 1.82) is 0 Å². The van der Waals surface area contributed by atoms with Gasteiger partial charge in [-0.2, -0.15) is 4.98 Å². The van der Waals surface area contributed by atoms with E-state index in [0.717, 1.165) is 15.8 Å². The van der Waals surface area contributed by atoms with Crippen LogP contribution in [-0.2, 0) is 0 Å². The highest BCUT2D eigenvalue weighted by Crippen LogP contribution is 2.17. The summed E-state index contributed by atoms with van der Waals surface area (Å²) in [6.07, 6.45) is 1.98. The number of hydrogen-bond donors (Lipinski definition) is 0. The maximum Gasteiger partial charge on any atom is 0.213 e. The number of nitrogens with zero attached hydrogens (tertiary/aromatic N) is 3. The van der Waals surface area contributed by atoms with E-state index in [1.807, 2.05) is 17.7 Å². The zero-order chi connectivity index (χ0) is 7.84. The van der Waals surface area contributed by atoms with Crippen LogP contribution in [-0.4, -0.2) is 20.9 Å². The van der Waals surface area contributed by atoms with Crippen molar-refractivity contribution in [1.82, 2.24) is 14.6 Å². The van der Waals surface area contributed by atoms with E-state index < -0.39 is 0 Å². The summed E-state index contributed by atoms with van der Waals surface area (Å²) in [6, 6.07) is 0. The Labute approximate surface area is 72.5 Å². The van der Waals surface area contributed by atoms with Crippen molar-refractivity contribution in [3.05, 3.63) is 11.1 Å². The maximum atomic E-state index is 4.29. The van der Waals surface area contributed by atoms with E-state index in [1.165, 1.54) is 0 Å². The Morgan fingerprint density at radius 2 is 2.45 bits per heavy atom. The molecule has 0 aromatic carbocycles. The predicted octanol–water partition coefficient (Wildman–Crippen LogP) is 1.82. The fraction of sp³-hybridized carbons (Fsp3) is 0.333. The van der Waals surface area contributed by atoms with Gasteiger partial charge in [-0.25, -0.2) is 4.52 Å². The highest BCUT2D eigenvalue weighted by atomic mass is 32.2. The summed E-state index contributed by atoms with van der Waals surface area (Å²) in [5, 5.41) is 7.17. The molecule has 0 atom stereocenters. The number of fused-ring (bicyclic) bond motifs is 1. The van der Waals surface area contributed by atoms with Crippen molar-refractivity contribution >= 4 is 28.1 Å². The van der Waals surface area contributed by atoms with Crippen molar-refractivity contribution in [3.63, 3.8) is 0 Å². The second kappa shape index (κ2) is 2.49. The summed E-state index contributed by atoms with van der Waals surface area (Å²) < 4.78 is 1.87. The van der Waals surface area contributed by atoms with Crippen molar-refractivity contribution in [2.24, 2.45) is 0 Å². The van der Waals surface area contributed by atoms with E-state index in [4.69, 9.17) is 0 Å². The van der Waals surface area contributed by atoms with Gasteiger partial charge in [0, 0.05) is 5.38 Å². The van der Waals surface area contributed by atoms with Crippen molar-refractivity contribution in [2.75, 3.05) is 6.26 Å². The molecule has 0 amide bonds. The Hall–Kier alpha value is -0.550. The van der Waals surface area contributed by atoms with Gasteiger partial charge in [0.05, 0.1) is 5.69 Å². The fourth-order valence-electron chi connectivity index (χ4n) is 0.860. The Morgan fingerprint density at radius 3 is 3.09 bits per heavy atom. The van der Waals surface area contributed by atoms with Gasteiger partial charge in [-0.3, -0.25) is 0 Å². The number of aromatic nitrogens is 3. The average molecular weight is 185 g/mol. The van der Waals surface area contributed by atoms with Crippen LogP contribution in [0, 0.1) is 6.92 Å². The topological polar surface area (TPSA) is 30.2 Å². The molecule has 0 aliphatic carbocycles. The van der Waals surface area contributed by atoms with Crippen LogP contribution in [0.3, 0.4) is 0 Å². The van der Waals surface area contributed by atoms with E-state index in [2.05, 4.69) is 15.5 Å². The molecule has 58 valence electrons. The minimum absolute atomic E-state index is 0.847. The van der Waals surface area contributed by atoms with Crippen LogP contribution in [0.1, 0.15) is 5.69 Å². The zero-order valence-corrected chi connectivity index (χ0v) is 7.87. The van der Waals surface area contributed by atoms with Crippen LogP contribution in [0.2, 0.25) is 0 Å². The molecule has 3 nitrogen and oxygen atoms in total. The van der Waals surface area contributed by atoms with Crippen LogP contribution in [0.25, 0.3) is 4.96 Å².